The van der Waals surface area contributed by atoms with Crippen molar-refractivity contribution in [3.63, 3.8) is 0 Å². The van der Waals surface area contributed by atoms with Gasteiger partial charge in [0.1, 0.15) is 5.76 Å². The van der Waals surface area contributed by atoms with Gasteiger partial charge in [-0.15, -0.1) is 0 Å². The lowest BCUT2D eigenvalue weighted by molar-refractivity contribution is -0.147. The van der Waals surface area contributed by atoms with Gasteiger partial charge in [-0.3, -0.25) is 9.59 Å². The van der Waals surface area contributed by atoms with Crippen molar-refractivity contribution in [1.82, 2.24) is 5.16 Å². The van der Waals surface area contributed by atoms with Crippen LogP contribution in [0.2, 0.25) is 0 Å². The van der Waals surface area contributed by atoms with Gasteiger partial charge in [-0.1, -0.05) is 25.9 Å². The number of carboxylic acid groups (broad SMARTS) is 1. The SMILES string of the molecule is CC(C)(C)c1cc(NC(=O)[C@H]2[C@@H](C(=O)O)[C@@H]3CC[C@@H]2O3)no1. The molecule has 2 aliphatic heterocycles. The number of nitrogens with one attached hydrogen (secondary N) is 1. The molecule has 2 N–H and O–H groups in total. The fourth-order valence-electron chi connectivity index (χ4n) is 3.22. The number of anilines is 1. The molecule has 1 aromatic rings. The third kappa shape index (κ3) is 2.49. The monoisotopic (exact) mass is 308 g/mol. The standard InChI is InChI=1S/C15H20N2O5/c1-15(2,3)9-6-10(17-22-9)16-13(18)11-7-4-5-8(21-7)12(11)14(19)20/h6-8,11-12H,4-5H2,1-3H3,(H,19,20)(H,16,17,18)/t7-,8-,11+,12-/m0/s1. The molecule has 2 fully saturated rings. The van der Waals surface area contributed by atoms with Crippen molar-refractivity contribution in [2.24, 2.45) is 11.8 Å². The van der Waals surface area contributed by atoms with E-state index in [-0.39, 0.29) is 23.5 Å². The molecule has 7 nitrogen and oxygen atoms in total. The molecule has 3 heterocycles. The molecule has 2 aliphatic rings. The minimum absolute atomic E-state index is 0.213. The summed E-state index contributed by atoms with van der Waals surface area (Å²) in [5, 5.41) is 15.8. The molecule has 0 aromatic carbocycles. The lowest BCUT2D eigenvalue weighted by Gasteiger charge is -2.23. The molecule has 0 radical (unpaired) electrons. The number of carbonyl (C=O) groups is 2. The second-order valence-electron chi connectivity index (χ2n) is 7.00. The van der Waals surface area contributed by atoms with Gasteiger partial charge >= 0.3 is 5.97 Å². The zero-order valence-corrected chi connectivity index (χ0v) is 12.8. The number of hydrogen-bond acceptors (Lipinski definition) is 5. The molecule has 3 rings (SSSR count). The van der Waals surface area contributed by atoms with Crippen LogP contribution in [0, 0.1) is 11.8 Å². The zero-order chi connectivity index (χ0) is 16.1. The first-order chi connectivity index (χ1) is 10.3. The molecule has 0 saturated carbocycles. The average Bonchev–Trinajstić information content (AvgIpc) is 3.11. The third-order valence-corrected chi connectivity index (χ3v) is 4.36. The van der Waals surface area contributed by atoms with E-state index >= 15 is 0 Å². The second-order valence-corrected chi connectivity index (χ2v) is 7.00. The van der Waals surface area contributed by atoms with Crippen LogP contribution in [0.1, 0.15) is 39.4 Å². The van der Waals surface area contributed by atoms with Crippen LogP contribution in [0.3, 0.4) is 0 Å². The number of rotatable bonds is 3. The van der Waals surface area contributed by atoms with E-state index in [2.05, 4.69) is 10.5 Å². The predicted octanol–water partition coefficient (Wildman–Crippen LogP) is 1.79. The lowest BCUT2D eigenvalue weighted by Crippen LogP contribution is -2.41. The number of aromatic nitrogens is 1. The largest absolute Gasteiger partial charge is 0.481 e. The first kappa shape index (κ1) is 15.0. The molecular weight excluding hydrogens is 288 g/mol. The normalized spacial score (nSPS) is 30.5. The molecule has 0 spiro atoms. The maximum Gasteiger partial charge on any atom is 0.310 e. The molecule has 0 aliphatic carbocycles. The fraction of sp³-hybridized carbons (Fsp3) is 0.667. The smallest absolute Gasteiger partial charge is 0.310 e. The van der Waals surface area contributed by atoms with Crippen molar-refractivity contribution >= 4 is 17.7 Å². The molecule has 120 valence electrons. The Balaban J connectivity index is 1.74. The highest BCUT2D eigenvalue weighted by Crippen LogP contribution is 2.44. The first-order valence-corrected chi connectivity index (χ1v) is 7.43. The van der Waals surface area contributed by atoms with Crippen molar-refractivity contribution in [3.8, 4) is 0 Å². The summed E-state index contributed by atoms with van der Waals surface area (Å²) in [6.45, 7) is 5.93. The summed E-state index contributed by atoms with van der Waals surface area (Å²) in [7, 11) is 0. The van der Waals surface area contributed by atoms with E-state index in [1.807, 2.05) is 20.8 Å². The molecule has 7 heteroatoms. The molecule has 2 bridgehead atoms. The number of hydrogen-bond donors (Lipinski definition) is 2. The molecule has 1 aromatic heterocycles. The van der Waals surface area contributed by atoms with Gasteiger partial charge in [0.15, 0.2) is 5.82 Å². The summed E-state index contributed by atoms with van der Waals surface area (Å²) in [5.74, 6) is -1.85. The highest BCUT2D eigenvalue weighted by Gasteiger charge is 2.55. The van der Waals surface area contributed by atoms with Crippen LogP contribution < -0.4 is 5.32 Å². The average molecular weight is 308 g/mol. The van der Waals surface area contributed by atoms with Crippen LogP contribution in [0.15, 0.2) is 10.6 Å². The minimum atomic E-state index is -0.983. The van der Waals surface area contributed by atoms with Crippen molar-refractivity contribution < 1.29 is 24.0 Å². The van der Waals surface area contributed by atoms with Gasteiger partial charge in [-0.25, -0.2) is 0 Å². The zero-order valence-electron chi connectivity index (χ0n) is 12.8. The highest BCUT2D eigenvalue weighted by molar-refractivity contribution is 5.95. The maximum absolute atomic E-state index is 12.4. The Hall–Kier alpha value is -1.89. The summed E-state index contributed by atoms with van der Waals surface area (Å²) < 4.78 is 10.8. The van der Waals surface area contributed by atoms with E-state index in [1.54, 1.807) is 6.07 Å². The van der Waals surface area contributed by atoms with Crippen molar-refractivity contribution in [2.75, 3.05) is 5.32 Å². The summed E-state index contributed by atoms with van der Waals surface area (Å²) >= 11 is 0. The van der Waals surface area contributed by atoms with Crippen LogP contribution in [-0.4, -0.2) is 34.3 Å². The van der Waals surface area contributed by atoms with Crippen molar-refractivity contribution in [3.05, 3.63) is 11.8 Å². The van der Waals surface area contributed by atoms with E-state index in [0.29, 0.717) is 18.0 Å². The Kier molecular flexibility index (Phi) is 3.47. The Morgan fingerprint density at radius 1 is 1.27 bits per heavy atom. The fourth-order valence-corrected chi connectivity index (χ4v) is 3.22. The number of ether oxygens (including phenoxy) is 1. The topological polar surface area (TPSA) is 102 Å². The Morgan fingerprint density at radius 2 is 1.91 bits per heavy atom. The van der Waals surface area contributed by atoms with Gasteiger partial charge in [-0.2, -0.15) is 0 Å². The number of carboxylic acids is 1. The van der Waals surface area contributed by atoms with Gasteiger partial charge in [0, 0.05) is 11.5 Å². The first-order valence-electron chi connectivity index (χ1n) is 7.43. The highest BCUT2D eigenvalue weighted by atomic mass is 16.5. The quantitative estimate of drug-likeness (QED) is 0.882. The molecule has 2 saturated heterocycles. The summed E-state index contributed by atoms with van der Waals surface area (Å²) in [6, 6.07) is 1.67. The van der Waals surface area contributed by atoms with E-state index in [9.17, 15) is 14.7 Å². The number of carbonyl (C=O) groups excluding carboxylic acids is 1. The second kappa shape index (κ2) is 5.08. The van der Waals surface area contributed by atoms with E-state index in [4.69, 9.17) is 9.26 Å². The van der Waals surface area contributed by atoms with Crippen LogP contribution in [0.5, 0.6) is 0 Å². The summed E-state index contributed by atoms with van der Waals surface area (Å²) in [6.07, 6.45) is 0.739. The number of amides is 1. The van der Waals surface area contributed by atoms with Crippen LogP contribution in [0.25, 0.3) is 0 Å². The number of nitrogens with zero attached hydrogens (tertiary/aromatic N) is 1. The molecule has 22 heavy (non-hydrogen) atoms. The lowest BCUT2D eigenvalue weighted by atomic mass is 9.79. The van der Waals surface area contributed by atoms with Gasteiger partial charge < -0.3 is 19.7 Å². The molecule has 0 unspecified atom stereocenters. The van der Waals surface area contributed by atoms with Crippen molar-refractivity contribution in [1.29, 1.82) is 0 Å². The Morgan fingerprint density at radius 3 is 2.45 bits per heavy atom. The van der Waals surface area contributed by atoms with Gasteiger partial charge in [-0.05, 0) is 12.8 Å². The van der Waals surface area contributed by atoms with Crippen LogP contribution in [-0.2, 0) is 19.7 Å². The van der Waals surface area contributed by atoms with Crippen LogP contribution in [0.4, 0.5) is 5.82 Å². The Labute approximate surface area is 128 Å². The van der Waals surface area contributed by atoms with Gasteiger partial charge in [0.25, 0.3) is 0 Å². The summed E-state index contributed by atoms with van der Waals surface area (Å²) in [5.41, 5.74) is -0.213. The van der Waals surface area contributed by atoms with Crippen molar-refractivity contribution in [2.45, 2.75) is 51.2 Å². The number of fused-ring (bicyclic) bond motifs is 2. The number of aliphatic carboxylic acids is 1. The van der Waals surface area contributed by atoms with E-state index in [1.165, 1.54) is 0 Å². The molecular formula is C15H20N2O5. The third-order valence-electron chi connectivity index (χ3n) is 4.36. The predicted molar refractivity (Wildman–Crippen MR) is 76.3 cm³/mol. The maximum atomic E-state index is 12.4. The van der Waals surface area contributed by atoms with Crippen LogP contribution >= 0.6 is 0 Å². The minimum Gasteiger partial charge on any atom is -0.481 e. The van der Waals surface area contributed by atoms with Gasteiger partial charge in [0.05, 0.1) is 24.0 Å². The Bertz CT molecular complexity index is 603. The summed E-state index contributed by atoms with van der Waals surface area (Å²) in [4.78, 5) is 23.8. The van der Waals surface area contributed by atoms with E-state index < -0.39 is 17.8 Å². The van der Waals surface area contributed by atoms with Gasteiger partial charge in [0.2, 0.25) is 5.91 Å². The molecule has 1 amide bonds. The van der Waals surface area contributed by atoms with E-state index in [0.717, 1.165) is 6.42 Å². The molecule has 4 atom stereocenters.